The van der Waals surface area contributed by atoms with E-state index in [4.69, 9.17) is 13.8 Å². The highest BCUT2D eigenvalue weighted by Crippen LogP contribution is 2.32. The lowest BCUT2D eigenvalue weighted by Gasteiger charge is -2.17. The van der Waals surface area contributed by atoms with E-state index in [0.717, 1.165) is 23.4 Å². The van der Waals surface area contributed by atoms with Gasteiger partial charge in [-0.3, -0.25) is 4.79 Å². The molecular weight excluding hydrogens is 332 g/mol. The summed E-state index contributed by atoms with van der Waals surface area (Å²) in [4.78, 5) is 23.7. The van der Waals surface area contributed by atoms with Gasteiger partial charge in [-0.2, -0.15) is 0 Å². The molecule has 7 heteroatoms. The largest absolute Gasteiger partial charge is 0.472 e. The van der Waals surface area contributed by atoms with Gasteiger partial charge >= 0.3 is 0 Å². The number of rotatable bonds is 3. The van der Waals surface area contributed by atoms with Crippen LogP contribution < -0.4 is 0 Å². The first-order chi connectivity index (χ1) is 12.8. The van der Waals surface area contributed by atoms with Crippen LogP contribution >= 0.6 is 0 Å². The molecule has 1 aliphatic rings. The van der Waals surface area contributed by atoms with Crippen molar-refractivity contribution >= 4 is 17.1 Å². The third-order valence-electron chi connectivity index (χ3n) is 4.77. The topological polar surface area (TPSA) is 77.3 Å². The Hall–Kier alpha value is -3.35. The Bertz CT molecular complexity index is 1050. The summed E-state index contributed by atoms with van der Waals surface area (Å²) in [5.74, 6) is 1.42. The van der Waals surface area contributed by atoms with Crippen molar-refractivity contribution in [3.8, 4) is 11.6 Å². The molecule has 5 heterocycles. The highest BCUT2D eigenvalue weighted by molar-refractivity contribution is 5.94. The van der Waals surface area contributed by atoms with Gasteiger partial charge in [0, 0.05) is 19.3 Å². The molecule has 0 aromatic carbocycles. The second kappa shape index (κ2) is 5.87. The molecule has 26 heavy (non-hydrogen) atoms. The maximum atomic E-state index is 12.6. The van der Waals surface area contributed by atoms with Crippen molar-refractivity contribution in [2.45, 2.75) is 12.5 Å². The van der Waals surface area contributed by atoms with E-state index in [9.17, 15) is 4.79 Å². The number of pyridine rings is 1. The predicted molar refractivity (Wildman–Crippen MR) is 93.5 cm³/mol. The second-order valence-electron chi connectivity index (χ2n) is 6.33. The number of nitrogens with zero attached hydrogens (tertiary/aromatic N) is 4. The minimum Gasteiger partial charge on any atom is -0.472 e. The highest BCUT2D eigenvalue weighted by Gasteiger charge is 2.32. The summed E-state index contributed by atoms with van der Waals surface area (Å²) < 4.78 is 12.7. The lowest BCUT2D eigenvalue weighted by molar-refractivity contribution is 0.0787. The monoisotopic (exact) mass is 348 g/mol. The number of amides is 1. The van der Waals surface area contributed by atoms with Crippen molar-refractivity contribution in [2.75, 3.05) is 13.1 Å². The third-order valence-corrected chi connectivity index (χ3v) is 4.77. The zero-order chi connectivity index (χ0) is 17.5. The molecule has 0 N–H and O–H groups in total. The van der Waals surface area contributed by atoms with Crippen LogP contribution in [-0.4, -0.2) is 38.4 Å². The Morgan fingerprint density at radius 3 is 2.96 bits per heavy atom. The van der Waals surface area contributed by atoms with Gasteiger partial charge in [0.2, 0.25) is 0 Å². The molecule has 0 saturated carbocycles. The van der Waals surface area contributed by atoms with Crippen molar-refractivity contribution in [1.82, 2.24) is 19.4 Å². The lowest BCUT2D eigenvalue weighted by Crippen LogP contribution is -2.28. The fourth-order valence-corrected chi connectivity index (χ4v) is 3.56. The van der Waals surface area contributed by atoms with Crippen molar-refractivity contribution in [3.05, 3.63) is 60.9 Å². The fourth-order valence-electron chi connectivity index (χ4n) is 3.56. The normalized spacial score (nSPS) is 17.2. The van der Waals surface area contributed by atoms with Crippen LogP contribution in [0.1, 0.15) is 22.8 Å². The van der Waals surface area contributed by atoms with Crippen LogP contribution in [-0.2, 0) is 0 Å². The van der Waals surface area contributed by atoms with E-state index >= 15 is 0 Å². The van der Waals surface area contributed by atoms with Crippen LogP contribution in [0.2, 0.25) is 0 Å². The lowest BCUT2D eigenvalue weighted by atomic mass is 10.2. The van der Waals surface area contributed by atoms with Gasteiger partial charge in [0.25, 0.3) is 5.91 Å². The van der Waals surface area contributed by atoms with Crippen LogP contribution in [0, 0.1) is 0 Å². The molecule has 0 radical (unpaired) electrons. The van der Waals surface area contributed by atoms with Crippen molar-refractivity contribution < 1.29 is 13.6 Å². The summed E-state index contributed by atoms with van der Waals surface area (Å²) in [5, 5.41) is 0. The van der Waals surface area contributed by atoms with Crippen molar-refractivity contribution in [3.63, 3.8) is 0 Å². The summed E-state index contributed by atoms with van der Waals surface area (Å²) in [6.45, 7) is 1.28. The molecule has 1 fully saturated rings. The molecule has 1 aliphatic heterocycles. The van der Waals surface area contributed by atoms with Gasteiger partial charge in [0.1, 0.15) is 11.8 Å². The number of carbonyl (C=O) groups excluding carboxylic acids is 1. The number of imidazole rings is 1. The zero-order valence-corrected chi connectivity index (χ0v) is 13.9. The standard InChI is InChI=1S/C19H16N4O3/c24-19(13-6-10-25-12-13)22-8-5-14(11-22)23-17-15(3-1-7-20-17)21-18(23)16-4-2-9-26-16/h1-4,6-7,9-10,12,14H,5,8,11H2/t14-/m1/s1. The second-order valence-corrected chi connectivity index (χ2v) is 6.33. The van der Waals surface area contributed by atoms with E-state index in [1.54, 1.807) is 18.5 Å². The van der Waals surface area contributed by atoms with Crippen LogP contribution in [0.3, 0.4) is 0 Å². The van der Waals surface area contributed by atoms with Gasteiger partial charge in [-0.05, 0) is 36.8 Å². The number of aromatic nitrogens is 3. The number of hydrogen-bond donors (Lipinski definition) is 0. The first kappa shape index (κ1) is 14.9. The van der Waals surface area contributed by atoms with Gasteiger partial charge in [-0.15, -0.1) is 0 Å². The molecule has 0 unspecified atom stereocenters. The summed E-state index contributed by atoms with van der Waals surface area (Å²) in [6.07, 6.45) is 7.23. The van der Waals surface area contributed by atoms with E-state index in [1.807, 2.05) is 29.2 Å². The fraction of sp³-hybridized carbons (Fsp3) is 0.211. The van der Waals surface area contributed by atoms with Crippen LogP contribution in [0.4, 0.5) is 0 Å². The predicted octanol–water partition coefficient (Wildman–Crippen LogP) is 3.37. The smallest absolute Gasteiger partial charge is 0.257 e. The number of furan rings is 2. The Kier molecular flexibility index (Phi) is 3.38. The molecule has 1 saturated heterocycles. The average Bonchev–Trinajstić information content (AvgIpc) is 3.47. The van der Waals surface area contributed by atoms with Gasteiger partial charge in [0.15, 0.2) is 17.2 Å². The molecule has 1 amide bonds. The maximum Gasteiger partial charge on any atom is 0.257 e. The van der Waals surface area contributed by atoms with Crippen molar-refractivity contribution in [1.29, 1.82) is 0 Å². The zero-order valence-electron chi connectivity index (χ0n) is 13.9. The van der Waals surface area contributed by atoms with Crippen molar-refractivity contribution in [2.24, 2.45) is 0 Å². The van der Waals surface area contributed by atoms with Crippen LogP contribution in [0.5, 0.6) is 0 Å². The SMILES string of the molecule is O=C(c1ccoc1)N1CC[C@@H](n2c(-c3ccco3)nc3cccnc32)C1. The Morgan fingerprint density at radius 2 is 2.15 bits per heavy atom. The highest BCUT2D eigenvalue weighted by atomic mass is 16.3. The van der Waals surface area contributed by atoms with E-state index in [-0.39, 0.29) is 11.9 Å². The first-order valence-corrected chi connectivity index (χ1v) is 8.49. The number of fused-ring (bicyclic) bond motifs is 1. The molecule has 0 aliphatic carbocycles. The minimum atomic E-state index is -0.0156. The summed E-state index contributed by atoms with van der Waals surface area (Å²) in [5.41, 5.74) is 2.20. The van der Waals surface area contributed by atoms with Gasteiger partial charge < -0.3 is 18.3 Å². The van der Waals surface area contributed by atoms with Gasteiger partial charge in [-0.25, -0.2) is 9.97 Å². The first-order valence-electron chi connectivity index (χ1n) is 8.49. The van der Waals surface area contributed by atoms with Gasteiger partial charge in [0.05, 0.1) is 24.1 Å². The molecule has 5 rings (SSSR count). The molecule has 4 aromatic rings. The van der Waals surface area contributed by atoms with Gasteiger partial charge in [-0.1, -0.05) is 0 Å². The minimum absolute atomic E-state index is 0.0156. The molecule has 7 nitrogen and oxygen atoms in total. The third kappa shape index (κ3) is 2.32. The van der Waals surface area contributed by atoms with Crippen LogP contribution in [0.25, 0.3) is 22.7 Å². The van der Waals surface area contributed by atoms with E-state index in [1.165, 1.54) is 12.5 Å². The van der Waals surface area contributed by atoms with E-state index in [2.05, 4.69) is 9.55 Å². The summed E-state index contributed by atoms with van der Waals surface area (Å²) >= 11 is 0. The van der Waals surface area contributed by atoms with E-state index < -0.39 is 0 Å². The molecule has 0 bridgehead atoms. The maximum absolute atomic E-state index is 12.6. The molecule has 130 valence electrons. The average molecular weight is 348 g/mol. The Labute approximate surface area is 148 Å². The van der Waals surface area contributed by atoms with E-state index in [0.29, 0.717) is 24.4 Å². The Morgan fingerprint density at radius 1 is 1.19 bits per heavy atom. The number of hydrogen-bond acceptors (Lipinski definition) is 5. The quantitative estimate of drug-likeness (QED) is 0.567. The molecule has 0 spiro atoms. The molecular formula is C19H16N4O3. The Balaban J connectivity index is 1.53. The molecule has 1 atom stereocenters. The van der Waals surface area contributed by atoms with Crippen LogP contribution in [0.15, 0.2) is 64.2 Å². The summed E-state index contributed by atoms with van der Waals surface area (Å²) in [6, 6.07) is 9.32. The number of carbonyl (C=O) groups is 1. The summed E-state index contributed by atoms with van der Waals surface area (Å²) in [7, 11) is 0. The molecule has 4 aromatic heterocycles. The number of likely N-dealkylation sites (tertiary alicyclic amines) is 1.